The Morgan fingerprint density at radius 1 is 1.47 bits per heavy atom. The number of rotatable bonds is 2. The van der Waals surface area contributed by atoms with Crippen molar-refractivity contribution in [3.63, 3.8) is 0 Å². The first kappa shape index (κ1) is 11.1. The van der Waals surface area contributed by atoms with Gasteiger partial charge in [0, 0.05) is 18.9 Å². The smallest absolute Gasteiger partial charge is 0.165 e. The van der Waals surface area contributed by atoms with Crippen LogP contribution in [0.4, 0.5) is 5.82 Å². The topological polar surface area (TPSA) is 102 Å². The first-order valence-electron chi connectivity index (χ1n) is 6.33. The molecule has 7 heteroatoms. The highest BCUT2D eigenvalue weighted by atomic mass is 16.6. The normalized spacial score (nSPS) is 36.6. The van der Waals surface area contributed by atoms with E-state index in [4.69, 9.17) is 10.5 Å². The van der Waals surface area contributed by atoms with Gasteiger partial charge < -0.3 is 20.1 Å². The number of hydrogen-bond donors (Lipinski definition) is 2. The van der Waals surface area contributed by atoms with Crippen molar-refractivity contribution in [3.8, 4) is 0 Å². The first-order valence-corrected chi connectivity index (χ1v) is 6.33. The number of hydrogen-bond acceptors (Lipinski definition) is 6. The van der Waals surface area contributed by atoms with E-state index in [1.54, 1.807) is 6.33 Å². The Bertz CT molecular complexity index is 671. The Balaban J connectivity index is 1.76. The summed E-state index contributed by atoms with van der Waals surface area (Å²) in [5.74, 6) is 0.395. The predicted octanol–water partition coefficient (Wildman–Crippen LogP) is 0.263. The number of nitrogen functional groups attached to an aromatic ring is 1. The van der Waals surface area contributed by atoms with Gasteiger partial charge >= 0.3 is 0 Å². The summed E-state index contributed by atoms with van der Waals surface area (Å²) in [5, 5.41) is 9.51. The summed E-state index contributed by atoms with van der Waals surface area (Å²) in [7, 11) is 0. The molecule has 0 amide bonds. The molecule has 3 heterocycles. The second kappa shape index (κ2) is 3.23. The fraction of sp³-hybridized carbons (Fsp3) is 0.583. The molecule has 2 aromatic rings. The summed E-state index contributed by atoms with van der Waals surface area (Å²) >= 11 is 0. The molecule has 7 nitrogen and oxygen atoms in total. The van der Waals surface area contributed by atoms with Gasteiger partial charge in [-0.3, -0.25) is 0 Å². The Morgan fingerprint density at radius 3 is 3.05 bits per heavy atom. The van der Waals surface area contributed by atoms with E-state index < -0.39 is 0 Å². The lowest BCUT2D eigenvalue weighted by atomic mass is 10.00. The predicted molar refractivity (Wildman–Crippen MR) is 67.3 cm³/mol. The van der Waals surface area contributed by atoms with E-state index in [2.05, 4.69) is 15.0 Å². The van der Waals surface area contributed by atoms with Gasteiger partial charge in [-0.05, 0) is 6.92 Å². The molecule has 0 radical (unpaired) electrons. The third-order valence-electron chi connectivity index (χ3n) is 4.57. The van der Waals surface area contributed by atoms with Crippen LogP contribution in [-0.2, 0) is 4.74 Å². The molecule has 2 fully saturated rings. The van der Waals surface area contributed by atoms with Crippen molar-refractivity contribution in [2.75, 3.05) is 12.3 Å². The molecule has 0 spiro atoms. The maximum absolute atomic E-state index is 9.51. The maximum atomic E-state index is 9.51. The second-order valence-electron chi connectivity index (χ2n) is 5.63. The zero-order valence-corrected chi connectivity index (χ0v) is 10.6. The molecule has 2 aromatic heterocycles. The van der Waals surface area contributed by atoms with Crippen molar-refractivity contribution in [1.29, 1.82) is 0 Å². The fourth-order valence-corrected chi connectivity index (χ4v) is 3.39. The van der Waals surface area contributed by atoms with Gasteiger partial charge in [0.1, 0.15) is 17.4 Å². The Hall–Kier alpha value is -1.73. The third kappa shape index (κ3) is 1.26. The molecule has 1 aliphatic heterocycles. The van der Waals surface area contributed by atoms with E-state index in [0.29, 0.717) is 11.3 Å². The van der Waals surface area contributed by atoms with Crippen LogP contribution in [0.25, 0.3) is 11.2 Å². The number of aromatic nitrogens is 4. The van der Waals surface area contributed by atoms with Crippen LogP contribution in [0.3, 0.4) is 0 Å². The van der Waals surface area contributed by atoms with E-state index in [-0.39, 0.29) is 23.9 Å². The molecule has 0 bridgehead atoms. The number of epoxide rings is 1. The summed E-state index contributed by atoms with van der Waals surface area (Å²) in [5.41, 5.74) is 6.57. The van der Waals surface area contributed by atoms with E-state index in [1.165, 1.54) is 6.33 Å². The molecule has 2 aliphatic rings. The minimum absolute atomic E-state index is 0.0593. The van der Waals surface area contributed by atoms with E-state index in [0.717, 1.165) is 18.5 Å². The van der Waals surface area contributed by atoms with Gasteiger partial charge in [0.25, 0.3) is 0 Å². The van der Waals surface area contributed by atoms with Gasteiger partial charge in [-0.25, -0.2) is 15.0 Å². The zero-order chi connectivity index (χ0) is 13.3. The molecule has 1 saturated heterocycles. The monoisotopic (exact) mass is 261 g/mol. The van der Waals surface area contributed by atoms with Crippen molar-refractivity contribution in [2.24, 2.45) is 0 Å². The maximum Gasteiger partial charge on any atom is 0.165 e. The Morgan fingerprint density at radius 2 is 2.32 bits per heavy atom. The van der Waals surface area contributed by atoms with Crippen LogP contribution in [0.5, 0.6) is 0 Å². The van der Waals surface area contributed by atoms with Gasteiger partial charge in [0.05, 0.1) is 18.5 Å². The molecular weight excluding hydrogens is 246 g/mol. The number of nitrogens with two attached hydrogens (primary N) is 1. The zero-order valence-electron chi connectivity index (χ0n) is 10.6. The lowest BCUT2D eigenvalue weighted by molar-refractivity contribution is 0.133. The van der Waals surface area contributed by atoms with E-state index in [1.807, 2.05) is 11.5 Å². The third-order valence-corrected chi connectivity index (χ3v) is 4.57. The number of anilines is 1. The van der Waals surface area contributed by atoms with Crippen LogP contribution in [0, 0.1) is 0 Å². The summed E-state index contributed by atoms with van der Waals surface area (Å²) in [6, 6.07) is 0.227. The van der Waals surface area contributed by atoms with Crippen LogP contribution in [-0.4, -0.2) is 42.4 Å². The fourth-order valence-electron chi connectivity index (χ4n) is 3.39. The summed E-state index contributed by atoms with van der Waals surface area (Å²) in [4.78, 5) is 12.5. The quantitative estimate of drug-likeness (QED) is 0.752. The van der Waals surface area contributed by atoms with Gasteiger partial charge in [0.2, 0.25) is 0 Å². The summed E-state index contributed by atoms with van der Waals surface area (Å²) in [6.45, 7) is 2.11. The molecule has 0 aromatic carbocycles. The van der Waals surface area contributed by atoms with Crippen molar-refractivity contribution in [1.82, 2.24) is 19.5 Å². The summed E-state index contributed by atoms with van der Waals surface area (Å²) < 4.78 is 7.72. The highest BCUT2D eigenvalue weighted by Crippen LogP contribution is 2.62. The highest BCUT2D eigenvalue weighted by Gasteiger charge is 2.72. The van der Waals surface area contributed by atoms with Crippen molar-refractivity contribution in [3.05, 3.63) is 12.7 Å². The largest absolute Gasteiger partial charge is 0.393 e. The molecular formula is C12H15N5O2. The summed E-state index contributed by atoms with van der Waals surface area (Å²) in [6.07, 6.45) is 4.82. The van der Waals surface area contributed by atoms with Crippen LogP contribution < -0.4 is 5.73 Å². The molecule has 3 atom stereocenters. The minimum Gasteiger partial charge on any atom is -0.393 e. The van der Waals surface area contributed by atoms with Gasteiger partial charge in [-0.1, -0.05) is 0 Å². The van der Waals surface area contributed by atoms with Gasteiger partial charge in [0.15, 0.2) is 11.5 Å². The molecule has 0 unspecified atom stereocenters. The number of fused-ring (bicyclic) bond motifs is 2. The average Bonchev–Trinajstić information content (AvgIpc) is 2.75. The van der Waals surface area contributed by atoms with Crippen molar-refractivity contribution in [2.45, 2.75) is 37.0 Å². The van der Waals surface area contributed by atoms with E-state index >= 15 is 0 Å². The van der Waals surface area contributed by atoms with Gasteiger partial charge in [-0.2, -0.15) is 0 Å². The van der Waals surface area contributed by atoms with Crippen LogP contribution in [0.15, 0.2) is 12.7 Å². The Labute approximate surface area is 109 Å². The molecule has 19 heavy (non-hydrogen) atoms. The second-order valence-corrected chi connectivity index (χ2v) is 5.63. The van der Waals surface area contributed by atoms with Gasteiger partial charge in [-0.15, -0.1) is 0 Å². The van der Waals surface area contributed by atoms with Crippen LogP contribution in [0.1, 0.15) is 25.8 Å². The molecule has 1 aliphatic carbocycles. The number of aliphatic hydroxyl groups excluding tert-OH is 1. The number of nitrogens with zero attached hydrogens (tertiary/aromatic N) is 4. The van der Waals surface area contributed by atoms with Crippen molar-refractivity contribution >= 4 is 17.0 Å². The average molecular weight is 261 g/mol. The Kier molecular flexibility index (Phi) is 1.89. The number of ether oxygens (including phenoxy) is 1. The first-order chi connectivity index (χ1) is 9.09. The lowest BCUT2D eigenvalue weighted by Crippen LogP contribution is -2.21. The van der Waals surface area contributed by atoms with Crippen LogP contribution >= 0.6 is 0 Å². The molecule has 3 N–H and O–H groups in total. The number of aliphatic hydroxyl groups is 1. The standard InChI is InChI=1S/C12H15N5O2/c1-11-2-7(3-12(11,4-18)19-11)17-6-16-8-9(13)14-5-15-10(8)17/h5-7,18H,2-4H2,1H3,(H2,13,14,15)/t7-,11-,12-/m0/s1. The lowest BCUT2D eigenvalue weighted by Gasteiger charge is -2.16. The van der Waals surface area contributed by atoms with Crippen molar-refractivity contribution < 1.29 is 9.84 Å². The van der Waals surface area contributed by atoms with Crippen LogP contribution in [0.2, 0.25) is 0 Å². The highest BCUT2D eigenvalue weighted by molar-refractivity contribution is 5.81. The SMILES string of the molecule is C[C@]12C[C@H](n3cnc4c(N)ncnc43)C[C@@]1(CO)O2. The minimum atomic E-state index is -0.382. The molecule has 1 saturated carbocycles. The molecule has 4 rings (SSSR count). The number of imidazole rings is 1. The molecule has 100 valence electrons. The van der Waals surface area contributed by atoms with E-state index in [9.17, 15) is 5.11 Å².